The van der Waals surface area contributed by atoms with Crippen molar-refractivity contribution in [2.24, 2.45) is 0 Å². The molecule has 2 heterocycles. The molecule has 0 radical (unpaired) electrons. The predicted octanol–water partition coefficient (Wildman–Crippen LogP) is 2.59. The summed E-state index contributed by atoms with van der Waals surface area (Å²) < 4.78 is 37.3. The maximum atomic E-state index is 12.5. The van der Waals surface area contributed by atoms with Crippen molar-refractivity contribution in [1.82, 2.24) is 14.5 Å². The summed E-state index contributed by atoms with van der Waals surface area (Å²) in [5.41, 5.74) is 3.33. The van der Waals surface area contributed by atoms with Crippen molar-refractivity contribution in [3.8, 4) is 11.6 Å². The number of nitrogens with zero attached hydrogens (tertiary/aromatic N) is 4. The quantitative estimate of drug-likeness (QED) is 0.634. The molecule has 3 aromatic rings. The van der Waals surface area contributed by atoms with Gasteiger partial charge in [0, 0.05) is 26.3 Å². The number of methoxy groups -OCH3 is 2. The average molecular weight is 414 g/mol. The summed E-state index contributed by atoms with van der Waals surface area (Å²) in [6.07, 6.45) is 0.703. The first kappa shape index (κ1) is 19.4. The highest BCUT2D eigenvalue weighted by Gasteiger charge is 2.29. The third-order valence-corrected chi connectivity index (χ3v) is 6.91. The van der Waals surface area contributed by atoms with E-state index in [1.165, 1.54) is 18.4 Å². The van der Waals surface area contributed by atoms with E-state index in [0.29, 0.717) is 30.1 Å². The number of hydrogen-bond acceptors (Lipinski definition) is 7. The fourth-order valence-electron chi connectivity index (χ4n) is 3.63. The molecule has 0 aliphatic carbocycles. The average Bonchev–Trinajstić information content (AvgIpc) is 3.15. The van der Waals surface area contributed by atoms with Crippen LogP contribution in [-0.2, 0) is 16.4 Å². The van der Waals surface area contributed by atoms with Crippen molar-refractivity contribution >= 4 is 32.3 Å². The van der Waals surface area contributed by atoms with Gasteiger partial charge in [0.25, 0.3) is 5.88 Å². The highest BCUT2D eigenvalue weighted by molar-refractivity contribution is 7.89. The van der Waals surface area contributed by atoms with E-state index in [0.717, 1.165) is 22.3 Å². The zero-order valence-corrected chi connectivity index (χ0v) is 17.5. The molecule has 152 valence electrons. The fourth-order valence-corrected chi connectivity index (χ4v) is 4.59. The molecule has 0 unspecified atom stereocenters. The zero-order valence-electron chi connectivity index (χ0n) is 16.7. The number of sulfonamides is 1. The molecule has 9 heteroatoms. The van der Waals surface area contributed by atoms with E-state index in [4.69, 9.17) is 9.47 Å². The van der Waals surface area contributed by atoms with Gasteiger partial charge < -0.3 is 14.4 Å². The second-order valence-corrected chi connectivity index (χ2v) is 9.04. The molecule has 0 amide bonds. The lowest BCUT2D eigenvalue weighted by molar-refractivity contribution is 0.393. The van der Waals surface area contributed by atoms with Gasteiger partial charge in [-0.15, -0.1) is 10.2 Å². The van der Waals surface area contributed by atoms with Crippen LogP contribution in [0.15, 0.2) is 41.3 Å². The van der Waals surface area contributed by atoms with E-state index in [1.807, 2.05) is 24.3 Å². The molecule has 0 fully saturated rings. The Labute approximate surface area is 169 Å². The first-order chi connectivity index (χ1) is 13.9. The monoisotopic (exact) mass is 414 g/mol. The lowest BCUT2D eigenvalue weighted by Gasteiger charge is -2.23. The van der Waals surface area contributed by atoms with Crippen molar-refractivity contribution in [3.05, 3.63) is 42.0 Å². The number of fused-ring (bicyclic) bond motifs is 2. The first-order valence-corrected chi connectivity index (χ1v) is 10.5. The predicted molar refractivity (Wildman–Crippen MR) is 111 cm³/mol. The molecule has 1 aromatic heterocycles. The Morgan fingerprint density at radius 1 is 1.07 bits per heavy atom. The Morgan fingerprint density at radius 2 is 1.86 bits per heavy atom. The number of benzene rings is 2. The standard InChI is InChI=1S/C20H22N4O4S/c1-23(2)29(25,26)14-8-9-16-13(12-14)10-11-24(16)19-18-15(21-22-20(19)28-4)6-5-7-17(18)27-3/h5-9,12H,10-11H2,1-4H3. The van der Waals surface area contributed by atoms with E-state index >= 15 is 0 Å². The fraction of sp³-hybridized carbons (Fsp3) is 0.300. The maximum Gasteiger partial charge on any atom is 0.258 e. The van der Waals surface area contributed by atoms with Crippen molar-refractivity contribution in [2.45, 2.75) is 11.3 Å². The van der Waals surface area contributed by atoms with Gasteiger partial charge in [0.2, 0.25) is 10.0 Å². The Kier molecular flexibility index (Phi) is 4.79. The van der Waals surface area contributed by atoms with Crippen LogP contribution in [0.2, 0.25) is 0 Å². The van der Waals surface area contributed by atoms with Crippen LogP contribution < -0.4 is 14.4 Å². The molecule has 0 spiro atoms. The highest BCUT2D eigenvalue weighted by Crippen LogP contribution is 2.45. The second kappa shape index (κ2) is 7.16. The van der Waals surface area contributed by atoms with E-state index in [-0.39, 0.29) is 4.90 Å². The number of anilines is 2. The van der Waals surface area contributed by atoms with Gasteiger partial charge in [0.15, 0.2) is 0 Å². The number of aromatic nitrogens is 2. The van der Waals surface area contributed by atoms with E-state index in [1.54, 1.807) is 26.4 Å². The molecule has 0 saturated heterocycles. The number of rotatable bonds is 5. The number of hydrogen-bond donors (Lipinski definition) is 0. The van der Waals surface area contributed by atoms with Crippen LogP contribution >= 0.6 is 0 Å². The Balaban J connectivity index is 1.90. The van der Waals surface area contributed by atoms with Crippen molar-refractivity contribution in [2.75, 3.05) is 39.8 Å². The van der Waals surface area contributed by atoms with Gasteiger partial charge in [0.1, 0.15) is 11.4 Å². The van der Waals surface area contributed by atoms with E-state index in [9.17, 15) is 8.42 Å². The van der Waals surface area contributed by atoms with Gasteiger partial charge >= 0.3 is 0 Å². The summed E-state index contributed by atoms with van der Waals surface area (Å²) in [4.78, 5) is 2.37. The highest BCUT2D eigenvalue weighted by atomic mass is 32.2. The molecule has 2 aromatic carbocycles. The Morgan fingerprint density at radius 3 is 2.55 bits per heavy atom. The minimum atomic E-state index is -3.49. The topological polar surface area (TPSA) is 84.9 Å². The number of ether oxygens (including phenoxy) is 2. The molecular formula is C20H22N4O4S. The molecule has 4 rings (SSSR count). The summed E-state index contributed by atoms with van der Waals surface area (Å²) >= 11 is 0. The molecule has 0 saturated carbocycles. The molecular weight excluding hydrogens is 392 g/mol. The molecule has 0 N–H and O–H groups in total. The molecule has 1 aliphatic rings. The van der Waals surface area contributed by atoms with Crippen LogP contribution in [-0.4, -0.2) is 57.8 Å². The Bertz CT molecular complexity index is 1190. The SMILES string of the molecule is COc1nnc2cccc(OC)c2c1N1CCc2cc(S(=O)(=O)N(C)C)ccc21. The lowest BCUT2D eigenvalue weighted by Crippen LogP contribution is -2.22. The van der Waals surface area contributed by atoms with Crippen molar-refractivity contribution in [1.29, 1.82) is 0 Å². The van der Waals surface area contributed by atoms with Gasteiger partial charge in [-0.05, 0) is 42.3 Å². The van der Waals surface area contributed by atoms with Gasteiger partial charge in [-0.25, -0.2) is 12.7 Å². The third kappa shape index (κ3) is 3.06. The van der Waals surface area contributed by atoms with E-state index in [2.05, 4.69) is 15.1 Å². The maximum absolute atomic E-state index is 12.5. The molecule has 0 bridgehead atoms. The zero-order chi connectivity index (χ0) is 20.8. The van der Waals surface area contributed by atoms with Crippen LogP contribution in [0.5, 0.6) is 11.6 Å². The van der Waals surface area contributed by atoms with Crippen LogP contribution in [0.25, 0.3) is 10.9 Å². The van der Waals surface area contributed by atoms with Gasteiger partial charge in [-0.2, -0.15) is 0 Å². The summed E-state index contributed by atoms with van der Waals surface area (Å²) in [6, 6.07) is 10.8. The summed E-state index contributed by atoms with van der Waals surface area (Å²) in [5.74, 6) is 1.06. The normalized spacial score (nSPS) is 13.8. The largest absolute Gasteiger partial charge is 0.496 e. The van der Waals surface area contributed by atoms with Crippen LogP contribution in [0.4, 0.5) is 11.4 Å². The van der Waals surface area contributed by atoms with Crippen LogP contribution in [0.3, 0.4) is 0 Å². The van der Waals surface area contributed by atoms with E-state index < -0.39 is 10.0 Å². The Hall–Kier alpha value is -2.91. The smallest absolute Gasteiger partial charge is 0.258 e. The third-order valence-electron chi connectivity index (χ3n) is 5.10. The summed E-state index contributed by atoms with van der Waals surface area (Å²) in [7, 11) is 2.73. The first-order valence-electron chi connectivity index (χ1n) is 9.09. The van der Waals surface area contributed by atoms with Gasteiger partial charge in [-0.1, -0.05) is 6.07 Å². The summed E-state index contributed by atoms with van der Waals surface area (Å²) in [5, 5.41) is 9.28. The molecule has 0 atom stereocenters. The minimum Gasteiger partial charge on any atom is -0.496 e. The summed E-state index contributed by atoms with van der Waals surface area (Å²) in [6.45, 7) is 0.663. The van der Waals surface area contributed by atoms with Crippen LogP contribution in [0.1, 0.15) is 5.56 Å². The van der Waals surface area contributed by atoms with Gasteiger partial charge in [0.05, 0.1) is 30.0 Å². The second-order valence-electron chi connectivity index (χ2n) is 6.89. The van der Waals surface area contributed by atoms with Crippen molar-refractivity contribution in [3.63, 3.8) is 0 Å². The molecule has 8 nitrogen and oxygen atoms in total. The minimum absolute atomic E-state index is 0.283. The molecule has 1 aliphatic heterocycles. The lowest BCUT2D eigenvalue weighted by atomic mass is 10.1. The molecule has 29 heavy (non-hydrogen) atoms. The van der Waals surface area contributed by atoms with Crippen molar-refractivity contribution < 1.29 is 17.9 Å². The van der Waals surface area contributed by atoms with Crippen LogP contribution in [0, 0.1) is 0 Å². The van der Waals surface area contributed by atoms with Gasteiger partial charge in [-0.3, -0.25) is 0 Å².